The van der Waals surface area contributed by atoms with E-state index in [1.807, 2.05) is 69.3 Å². The molecule has 0 atom stereocenters. The van der Waals surface area contributed by atoms with Crippen molar-refractivity contribution in [3.8, 4) is 5.69 Å². The summed E-state index contributed by atoms with van der Waals surface area (Å²) in [4.78, 5) is 26.1. The number of nitrogens with one attached hydrogen (secondary N) is 1. The van der Waals surface area contributed by atoms with Gasteiger partial charge in [0, 0.05) is 5.69 Å². The number of H-pyrrole nitrogens is 1. The lowest BCUT2D eigenvalue weighted by Crippen LogP contribution is -2.22. The fourth-order valence-corrected chi connectivity index (χ4v) is 3.51. The molecule has 1 amide bonds. The highest BCUT2D eigenvalue weighted by molar-refractivity contribution is 6.32. The average Bonchev–Trinajstić information content (AvgIpc) is 3.13. The zero-order valence-corrected chi connectivity index (χ0v) is 16.9. The number of amides is 1. The van der Waals surface area contributed by atoms with Crippen molar-refractivity contribution in [3.63, 3.8) is 0 Å². The van der Waals surface area contributed by atoms with E-state index in [2.05, 4.69) is 10.2 Å². The van der Waals surface area contributed by atoms with E-state index in [0.29, 0.717) is 22.5 Å². The minimum atomic E-state index is -0.237. The summed E-state index contributed by atoms with van der Waals surface area (Å²) in [7, 11) is 0. The molecule has 146 valence electrons. The maximum atomic E-state index is 13.1. The quantitative estimate of drug-likeness (QED) is 0.694. The van der Waals surface area contributed by atoms with Crippen LogP contribution in [0.3, 0.4) is 0 Å². The Hall–Kier alpha value is -3.67. The van der Waals surface area contributed by atoms with Gasteiger partial charge in [-0.1, -0.05) is 36.4 Å². The molecule has 1 N–H and O–H groups in total. The molecular weight excluding hydrogens is 364 g/mol. The second-order valence-corrected chi connectivity index (χ2v) is 7.22. The molecule has 2 heterocycles. The average molecular weight is 386 g/mol. The number of anilines is 1. The van der Waals surface area contributed by atoms with Gasteiger partial charge in [0.25, 0.3) is 11.5 Å². The van der Waals surface area contributed by atoms with Crippen LogP contribution in [-0.4, -0.2) is 21.4 Å². The molecule has 0 aliphatic carbocycles. The van der Waals surface area contributed by atoms with Gasteiger partial charge < -0.3 is 0 Å². The van der Waals surface area contributed by atoms with Crippen LogP contribution in [0.1, 0.15) is 29.3 Å². The van der Waals surface area contributed by atoms with Gasteiger partial charge in [0.2, 0.25) is 0 Å². The minimum absolute atomic E-state index is 0.195. The Morgan fingerprint density at radius 1 is 0.862 bits per heavy atom. The van der Waals surface area contributed by atoms with Gasteiger partial charge in [-0.3, -0.25) is 14.7 Å². The van der Waals surface area contributed by atoms with Crippen molar-refractivity contribution in [1.82, 2.24) is 9.78 Å². The lowest BCUT2D eigenvalue weighted by atomic mass is 10.1. The first-order chi connectivity index (χ1) is 13.9. The SMILES string of the molecule is CC1=NN(c2ccccc2C)C(=O)C1=Cc1c(C)[nH]n(-c2ccccc2C)c1=O. The van der Waals surface area contributed by atoms with Crippen LogP contribution in [0.2, 0.25) is 0 Å². The molecular formula is C23H22N4O2. The van der Waals surface area contributed by atoms with E-state index in [-0.39, 0.29) is 11.5 Å². The number of aromatic nitrogens is 2. The Labute approximate surface area is 168 Å². The first kappa shape index (κ1) is 18.7. The van der Waals surface area contributed by atoms with Crippen molar-refractivity contribution in [2.75, 3.05) is 5.01 Å². The monoisotopic (exact) mass is 386 g/mol. The van der Waals surface area contributed by atoms with Crippen molar-refractivity contribution in [3.05, 3.63) is 86.8 Å². The molecule has 0 saturated heterocycles. The van der Waals surface area contributed by atoms with E-state index in [1.165, 1.54) is 9.69 Å². The number of hydrogen-bond acceptors (Lipinski definition) is 3. The third-order valence-electron chi connectivity index (χ3n) is 5.17. The van der Waals surface area contributed by atoms with Crippen LogP contribution in [0.5, 0.6) is 0 Å². The van der Waals surface area contributed by atoms with Crippen molar-refractivity contribution in [2.24, 2.45) is 5.10 Å². The lowest BCUT2D eigenvalue weighted by Gasteiger charge is -2.14. The van der Waals surface area contributed by atoms with Crippen LogP contribution in [0.15, 0.2) is 64.0 Å². The summed E-state index contributed by atoms with van der Waals surface area (Å²) in [6.07, 6.45) is 1.64. The summed E-state index contributed by atoms with van der Waals surface area (Å²) >= 11 is 0. The predicted molar refractivity (Wildman–Crippen MR) is 116 cm³/mol. The second-order valence-electron chi connectivity index (χ2n) is 7.22. The molecule has 1 aliphatic rings. The predicted octanol–water partition coefficient (Wildman–Crippen LogP) is 3.90. The molecule has 4 rings (SSSR count). The zero-order valence-electron chi connectivity index (χ0n) is 16.9. The van der Waals surface area contributed by atoms with Crippen LogP contribution in [0.4, 0.5) is 5.69 Å². The molecule has 1 aromatic heterocycles. The van der Waals surface area contributed by atoms with E-state index in [0.717, 1.165) is 22.5 Å². The summed E-state index contributed by atoms with van der Waals surface area (Å²) in [5.74, 6) is -0.237. The number of rotatable bonds is 3. The number of benzene rings is 2. The van der Waals surface area contributed by atoms with Crippen molar-refractivity contribution in [2.45, 2.75) is 27.7 Å². The van der Waals surface area contributed by atoms with E-state index >= 15 is 0 Å². The molecule has 3 aromatic rings. The molecule has 6 heteroatoms. The van der Waals surface area contributed by atoms with Gasteiger partial charge in [-0.15, -0.1) is 0 Å². The van der Waals surface area contributed by atoms with Crippen molar-refractivity contribution >= 4 is 23.4 Å². The molecule has 0 unspecified atom stereocenters. The first-order valence-electron chi connectivity index (χ1n) is 9.43. The van der Waals surface area contributed by atoms with Gasteiger partial charge in [-0.25, -0.2) is 4.68 Å². The molecule has 29 heavy (non-hydrogen) atoms. The van der Waals surface area contributed by atoms with Gasteiger partial charge >= 0.3 is 0 Å². The Morgan fingerprint density at radius 3 is 2.07 bits per heavy atom. The van der Waals surface area contributed by atoms with Crippen LogP contribution < -0.4 is 10.6 Å². The normalized spacial score (nSPS) is 15.3. The third kappa shape index (κ3) is 3.12. The van der Waals surface area contributed by atoms with Crippen LogP contribution in [-0.2, 0) is 4.79 Å². The topological polar surface area (TPSA) is 70.5 Å². The van der Waals surface area contributed by atoms with E-state index < -0.39 is 0 Å². The Bertz CT molecular complexity index is 1240. The summed E-state index contributed by atoms with van der Waals surface area (Å²) in [5.41, 5.74) is 5.43. The number of para-hydroxylation sites is 2. The number of hydrazone groups is 1. The highest BCUT2D eigenvalue weighted by Crippen LogP contribution is 2.27. The summed E-state index contributed by atoms with van der Waals surface area (Å²) in [5, 5.41) is 8.95. The Morgan fingerprint density at radius 2 is 1.45 bits per heavy atom. The first-order valence-corrected chi connectivity index (χ1v) is 9.43. The highest BCUT2D eigenvalue weighted by Gasteiger charge is 2.30. The van der Waals surface area contributed by atoms with Crippen LogP contribution in [0.25, 0.3) is 11.8 Å². The molecule has 0 fully saturated rings. The molecule has 0 saturated carbocycles. The van der Waals surface area contributed by atoms with Crippen molar-refractivity contribution < 1.29 is 4.79 Å². The van der Waals surface area contributed by atoms with Crippen LogP contribution in [0, 0.1) is 20.8 Å². The molecule has 0 bridgehead atoms. The largest absolute Gasteiger partial charge is 0.295 e. The van der Waals surface area contributed by atoms with Crippen LogP contribution >= 0.6 is 0 Å². The van der Waals surface area contributed by atoms with Gasteiger partial charge in [-0.05, 0) is 57.0 Å². The number of aromatic amines is 1. The minimum Gasteiger partial charge on any atom is -0.295 e. The van der Waals surface area contributed by atoms with Crippen molar-refractivity contribution in [1.29, 1.82) is 0 Å². The summed E-state index contributed by atoms with van der Waals surface area (Å²) < 4.78 is 1.52. The zero-order chi connectivity index (χ0) is 20.7. The van der Waals surface area contributed by atoms with Gasteiger partial charge in [0.15, 0.2) is 0 Å². The number of aryl methyl sites for hydroxylation is 3. The molecule has 2 aromatic carbocycles. The van der Waals surface area contributed by atoms with Gasteiger partial charge in [-0.2, -0.15) is 10.1 Å². The molecule has 0 radical (unpaired) electrons. The Balaban J connectivity index is 1.77. The van der Waals surface area contributed by atoms with E-state index in [9.17, 15) is 9.59 Å². The maximum absolute atomic E-state index is 13.1. The fraction of sp³-hybridized carbons (Fsp3) is 0.174. The highest BCUT2D eigenvalue weighted by atomic mass is 16.2. The number of hydrogen-bond donors (Lipinski definition) is 1. The Kier molecular flexibility index (Phi) is 4.54. The smallest absolute Gasteiger partial charge is 0.280 e. The second kappa shape index (κ2) is 7.05. The fourth-order valence-electron chi connectivity index (χ4n) is 3.51. The number of carbonyl (C=O) groups excluding carboxylic acids is 1. The molecule has 0 spiro atoms. The molecule has 1 aliphatic heterocycles. The van der Waals surface area contributed by atoms with Gasteiger partial charge in [0.05, 0.1) is 28.2 Å². The lowest BCUT2D eigenvalue weighted by molar-refractivity contribution is -0.114. The third-order valence-corrected chi connectivity index (χ3v) is 5.17. The van der Waals surface area contributed by atoms with E-state index in [4.69, 9.17) is 0 Å². The summed E-state index contributed by atoms with van der Waals surface area (Å²) in [6.45, 7) is 7.50. The summed E-state index contributed by atoms with van der Waals surface area (Å²) in [6, 6.07) is 15.2. The molecule has 6 nitrogen and oxygen atoms in total. The standard InChI is InChI=1S/C23H22N4O2/c1-14-9-5-7-11-20(14)26-22(28)18(16(3)24-26)13-19-17(4)25-27(23(19)29)21-12-8-6-10-15(21)2/h5-13,24H,1-4H3. The van der Waals surface area contributed by atoms with Gasteiger partial charge in [0.1, 0.15) is 0 Å². The van der Waals surface area contributed by atoms with E-state index in [1.54, 1.807) is 13.0 Å². The number of nitrogens with zero attached hydrogens (tertiary/aromatic N) is 3. The maximum Gasteiger partial charge on any atom is 0.280 e. The number of carbonyl (C=O) groups is 1.